The molecule has 4 heteroatoms. The fourth-order valence-corrected chi connectivity index (χ4v) is 2.32. The lowest BCUT2D eigenvalue weighted by Crippen LogP contribution is -1.87. The van der Waals surface area contributed by atoms with Gasteiger partial charge in [-0.25, -0.2) is 4.39 Å². The third-order valence-corrected chi connectivity index (χ3v) is 3.50. The van der Waals surface area contributed by atoms with Gasteiger partial charge in [0, 0.05) is 11.8 Å². The Hall–Kier alpha value is -3.45. The standard InChI is InChI=1S/C20H13FN2O/c21-17-6-7-20(24)18(12-17)19-11-15(8-9-23-19)5-4-14-2-1-3-16(10-14)13-22/h1-12,24H/b5-4+. The highest BCUT2D eigenvalue weighted by Crippen LogP contribution is 2.28. The van der Waals surface area contributed by atoms with Gasteiger partial charge in [-0.1, -0.05) is 24.3 Å². The summed E-state index contributed by atoms with van der Waals surface area (Å²) in [5.74, 6) is -0.453. The first kappa shape index (κ1) is 15.4. The third kappa shape index (κ3) is 3.47. The van der Waals surface area contributed by atoms with Gasteiger partial charge in [0.05, 0.1) is 17.3 Å². The molecule has 0 spiro atoms. The second-order valence-corrected chi connectivity index (χ2v) is 5.21. The zero-order valence-corrected chi connectivity index (χ0v) is 12.6. The van der Waals surface area contributed by atoms with Gasteiger partial charge < -0.3 is 5.11 Å². The van der Waals surface area contributed by atoms with E-state index in [0.29, 0.717) is 16.8 Å². The van der Waals surface area contributed by atoms with Gasteiger partial charge in [0.1, 0.15) is 11.6 Å². The lowest BCUT2D eigenvalue weighted by atomic mass is 10.1. The molecule has 1 N–H and O–H groups in total. The lowest BCUT2D eigenvalue weighted by molar-refractivity contribution is 0.475. The minimum Gasteiger partial charge on any atom is -0.507 e. The molecule has 3 nitrogen and oxygen atoms in total. The van der Waals surface area contributed by atoms with Gasteiger partial charge in [0.25, 0.3) is 0 Å². The number of benzene rings is 2. The first-order valence-electron chi connectivity index (χ1n) is 7.29. The van der Waals surface area contributed by atoms with Crippen LogP contribution in [0, 0.1) is 17.1 Å². The quantitative estimate of drug-likeness (QED) is 0.766. The highest BCUT2D eigenvalue weighted by atomic mass is 19.1. The lowest BCUT2D eigenvalue weighted by Gasteiger charge is -2.05. The number of phenolic OH excluding ortho intramolecular Hbond substituents is 1. The van der Waals surface area contributed by atoms with Crippen LogP contribution in [0.2, 0.25) is 0 Å². The van der Waals surface area contributed by atoms with Gasteiger partial charge >= 0.3 is 0 Å². The predicted octanol–water partition coefficient (Wildman–Crippen LogP) is 4.64. The van der Waals surface area contributed by atoms with E-state index < -0.39 is 5.82 Å². The molecular weight excluding hydrogens is 303 g/mol. The van der Waals surface area contributed by atoms with Crippen LogP contribution in [0.1, 0.15) is 16.7 Å². The van der Waals surface area contributed by atoms with Gasteiger partial charge in [-0.2, -0.15) is 5.26 Å². The van der Waals surface area contributed by atoms with E-state index >= 15 is 0 Å². The van der Waals surface area contributed by atoms with Crippen LogP contribution in [-0.2, 0) is 0 Å². The van der Waals surface area contributed by atoms with E-state index in [9.17, 15) is 9.50 Å². The van der Waals surface area contributed by atoms with Crippen LogP contribution in [0.3, 0.4) is 0 Å². The first-order valence-corrected chi connectivity index (χ1v) is 7.29. The number of phenols is 1. The smallest absolute Gasteiger partial charge is 0.125 e. The van der Waals surface area contributed by atoms with Crippen molar-refractivity contribution in [1.29, 1.82) is 5.26 Å². The SMILES string of the molecule is N#Cc1cccc(/C=C/c2ccnc(-c3cc(F)ccc3O)c2)c1. The Kier molecular flexibility index (Phi) is 4.35. The van der Waals surface area contributed by atoms with Crippen molar-refractivity contribution in [2.45, 2.75) is 0 Å². The molecule has 0 atom stereocenters. The van der Waals surface area contributed by atoms with Gasteiger partial charge in [-0.3, -0.25) is 4.98 Å². The van der Waals surface area contributed by atoms with Crippen LogP contribution in [0.4, 0.5) is 4.39 Å². The molecule has 3 aromatic rings. The van der Waals surface area contributed by atoms with Crippen molar-refractivity contribution in [3.8, 4) is 23.1 Å². The molecule has 0 bridgehead atoms. The summed E-state index contributed by atoms with van der Waals surface area (Å²) in [6.45, 7) is 0. The summed E-state index contributed by atoms with van der Waals surface area (Å²) >= 11 is 0. The molecule has 0 radical (unpaired) electrons. The summed E-state index contributed by atoms with van der Waals surface area (Å²) in [7, 11) is 0. The number of nitrogens with zero attached hydrogens (tertiary/aromatic N) is 2. The second kappa shape index (κ2) is 6.76. The van der Waals surface area contributed by atoms with E-state index in [-0.39, 0.29) is 5.75 Å². The maximum Gasteiger partial charge on any atom is 0.125 e. The number of aromatic hydroxyl groups is 1. The molecule has 0 aliphatic heterocycles. The maximum atomic E-state index is 13.4. The molecule has 0 amide bonds. The fourth-order valence-electron chi connectivity index (χ4n) is 2.32. The Morgan fingerprint density at radius 3 is 2.58 bits per heavy atom. The van der Waals surface area contributed by atoms with Gasteiger partial charge in [-0.05, 0) is 53.6 Å². The van der Waals surface area contributed by atoms with E-state index in [4.69, 9.17) is 5.26 Å². The molecule has 0 unspecified atom stereocenters. The molecule has 1 aromatic heterocycles. The highest BCUT2D eigenvalue weighted by molar-refractivity contribution is 5.74. The number of hydrogen-bond donors (Lipinski definition) is 1. The Morgan fingerprint density at radius 1 is 1.00 bits per heavy atom. The topological polar surface area (TPSA) is 56.9 Å². The average molecular weight is 316 g/mol. The zero-order chi connectivity index (χ0) is 16.9. The third-order valence-electron chi connectivity index (χ3n) is 3.50. The number of halogens is 1. The van der Waals surface area contributed by atoms with Crippen LogP contribution in [0.15, 0.2) is 60.8 Å². The Morgan fingerprint density at radius 2 is 1.79 bits per heavy atom. The first-order chi connectivity index (χ1) is 11.7. The predicted molar refractivity (Wildman–Crippen MR) is 91.4 cm³/mol. The molecule has 0 saturated carbocycles. The van der Waals surface area contributed by atoms with Gasteiger partial charge in [0.2, 0.25) is 0 Å². The molecule has 24 heavy (non-hydrogen) atoms. The summed E-state index contributed by atoms with van der Waals surface area (Å²) in [6.07, 6.45) is 5.36. The number of pyridine rings is 1. The van der Waals surface area contributed by atoms with Crippen molar-refractivity contribution in [1.82, 2.24) is 4.98 Å². The van der Waals surface area contributed by atoms with Crippen molar-refractivity contribution < 1.29 is 9.50 Å². The van der Waals surface area contributed by atoms with Crippen molar-refractivity contribution in [2.24, 2.45) is 0 Å². The Balaban J connectivity index is 1.92. The second-order valence-electron chi connectivity index (χ2n) is 5.21. The van der Waals surface area contributed by atoms with E-state index in [1.807, 2.05) is 30.4 Å². The molecule has 0 fully saturated rings. The summed E-state index contributed by atoms with van der Waals surface area (Å²) in [4.78, 5) is 4.19. The molecular formula is C20H13FN2O. The monoisotopic (exact) mass is 316 g/mol. The van der Waals surface area contributed by atoms with E-state index in [1.54, 1.807) is 24.4 Å². The minimum absolute atomic E-state index is 0.0215. The van der Waals surface area contributed by atoms with Crippen molar-refractivity contribution in [3.63, 3.8) is 0 Å². The average Bonchev–Trinajstić information content (AvgIpc) is 2.62. The van der Waals surface area contributed by atoms with Crippen molar-refractivity contribution in [2.75, 3.05) is 0 Å². The van der Waals surface area contributed by atoms with Crippen LogP contribution in [-0.4, -0.2) is 10.1 Å². The zero-order valence-electron chi connectivity index (χ0n) is 12.6. The molecule has 2 aromatic carbocycles. The van der Waals surface area contributed by atoms with Gasteiger partial charge in [0.15, 0.2) is 0 Å². The van der Waals surface area contributed by atoms with Crippen LogP contribution < -0.4 is 0 Å². The summed E-state index contributed by atoms with van der Waals surface area (Å²) < 4.78 is 13.4. The number of nitriles is 1. The number of rotatable bonds is 3. The summed E-state index contributed by atoms with van der Waals surface area (Å²) in [5, 5.41) is 18.8. The fraction of sp³-hybridized carbons (Fsp3) is 0. The maximum absolute atomic E-state index is 13.4. The van der Waals surface area contributed by atoms with Crippen molar-refractivity contribution in [3.05, 3.63) is 83.3 Å². The normalized spacial score (nSPS) is 10.7. The van der Waals surface area contributed by atoms with Crippen LogP contribution >= 0.6 is 0 Å². The molecule has 0 saturated heterocycles. The summed E-state index contributed by atoms with van der Waals surface area (Å²) in [5.41, 5.74) is 3.18. The largest absolute Gasteiger partial charge is 0.507 e. The Bertz CT molecular complexity index is 958. The molecule has 3 rings (SSSR count). The van der Waals surface area contributed by atoms with Gasteiger partial charge in [-0.15, -0.1) is 0 Å². The minimum atomic E-state index is -0.432. The van der Waals surface area contributed by atoms with E-state index in [0.717, 1.165) is 11.1 Å². The van der Waals surface area contributed by atoms with E-state index in [1.165, 1.54) is 18.2 Å². The molecule has 116 valence electrons. The van der Waals surface area contributed by atoms with E-state index in [2.05, 4.69) is 11.1 Å². The molecule has 0 aliphatic carbocycles. The molecule has 0 aliphatic rings. The Labute approximate surface area is 139 Å². The van der Waals surface area contributed by atoms with Crippen LogP contribution in [0.25, 0.3) is 23.4 Å². The van der Waals surface area contributed by atoms with Crippen LogP contribution in [0.5, 0.6) is 5.75 Å². The number of aromatic nitrogens is 1. The summed E-state index contributed by atoms with van der Waals surface area (Å²) in [6, 6.07) is 16.7. The molecule has 1 heterocycles. The highest BCUT2D eigenvalue weighted by Gasteiger charge is 2.07. The number of hydrogen-bond acceptors (Lipinski definition) is 3. The van der Waals surface area contributed by atoms with Crippen molar-refractivity contribution >= 4 is 12.2 Å².